The van der Waals surface area contributed by atoms with Crippen LogP contribution in [0.2, 0.25) is 0 Å². The zero-order valence-corrected chi connectivity index (χ0v) is 22.1. The number of hydrogen-bond donors (Lipinski definition) is 3. The molecule has 0 fully saturated rings. The van der Waals surface area contributed by atoms with Crippen LogP contribution in [0.4, 0.5) is 9.59 Å². The summed E-state index contributed by atoms with van der Waals surface area (Å²) < 4.78 is 48.0. The van der Waals surface area contributed by atoms with E-state index in [4.69, 9.17) is 4.89 Å². The van der Waals surface area contributed by atoms with E-state index in [0.717, 1.165) is 52.7 Å². The van der Waals surface area contributed by atoms with Gasteiger partial charge in [-0.3, -0.25) is 13.6 Å². The molecule has 0 aliphatic rings. The highest BCUT2D eigenvalue weighted by Crippen LogP contribution is 2.41. The minimum atomic E-state index is -4.08. The molecule has 0 aromatic carbocycles. The lowest BCUT2D eigenvalue weighted by atomic mass is 10.2. The van der Waals surface area contributed by atoms with Crippen molar-refractivity contribution in [3.05, 3.63) is 0 Å². The average Bonchev–Trinajstić information content (AvgIpc) is 2.82. The molecule has 204 valence electrons. The quantitative estimate of drug-likeness (QED) is 0.171. The number of amides is 2. The molecule has 2 amide bonds. The fourth-order valence-electron chi connectivity index (χ4n) is 2.15. The molecule has 16 heteroatoms. The van der Waals surface area contributed by atoms with Gasteiger partial charge in [-0.25, -0.2) is 14.2 Å². The van der Waals surface area contributed by atoms with E-state index < -0.39 is 27.8 Å². The summed E-state index contributed by atoms with van der Waals surface area (Å²) in [4.78, 5) is 41.0. The van der Waals surface area contributed by atoms with Crippen molar-refractivity contribution in [2.75, 3.05) is 54.7 Å². The van der Waals surface area contributed by atoms with Gasteiger partial charge in [0.1, 0.15) is 0 Å². The van der Waals surface area contributed by atoms with Gasteiger partial charge >= 0.3 is 20.0 Å². The normalized spacial score (nSPS) is 14.1. The van der Waals surface area contributed by atoms with Gasteiger partial charge in [-0.15, -0.1) is 0 Å². The molecule has 2 atom stereocenters. The Balaban J connectivity index is 0. The van der Waals surface area contributed by atoms with Crippen molar-refractivity contribution in [2.45, 2.75) is 51.4 Å². The Labute approximate surface area is 201 Å². The number of carbonyl (C=O) groups is 2. The van der Waals surface area contributed by atoms with Gasteiger partial charge < -0.3 is 38.9 Å². The summed E-state index contributed by atoms with van der Waals surface area (Å²) >= 11 is 0. The van der Waals surface area contributed by atoms with Crippen LogP contribution >= 0.6 is 15.6 Å². The first-order chi connectivity index (χ1) is 16.0. The van der Waals surface area contributed by atoms with Gasteiger partial charge in [-0.05, 0) is 25.7 Å². The van der Waals surface area contributed by atoms with Crippen LogP contribution in [0, 0.1) is 0 Å². The van der Waals surface area contributed by atoms with Crippen molar-refractivity contribution in [2.24, 2.45) is 0 Å². The molecule has 0 heterocycles. The molecule has 34 heavy (non-hydrogen) atoms. The number of ether oxygens (including phenoxy) is 2. The van der Waals surface area contributed by atoms with Crippen molar-refractivity contribution in [1.29, 1.82) is 0 Å². The van der Waals surface area contributed by atoms with Crippen LogP contribution in [-0.4, -0.2) is 71.8 Å². The predicted molar refractivity (Wildman–Crippen MR) is 121 cm³/mol. The van der Waals surface area contributed by atoms with Gasteiger partial charge in [0.2, 0.25) is 0 Å². The molecule has 0 aromatic heterocycles. The zero-order chi connectivity index (χ0) is 26.3. The minimum absolute atomic E-state index is 0.124. The topological polar surface area (TPSA) is 191 Å². The number of rotatable bonds is 18. The van der Waals surface area contributed by atoms with Gasteiger partial charge in [0.25, 0.3) is 7.82 Å². The van der Waals surface area contributed by atoms with E-state index in [1.54, 1.807) is 0 Å². The maximum Gasteiger partial charge on any atom is 0.471 e. The maximum absolute atomic E-state index is 10.9. The molecular weight excluding hydrogens is 498 g/mol. The molecule has 0 saturated heterocycles. The molecule has 0 rings (SSSR count). The molecule has 2 unspecified atom stereocenters. The van der Waals surface area contributed by atoms with Gasteiger partial charge in [0.15, 0.2) is 0 Å². The number of phosphoric ester groups is 2. The minimum Gasteiger partial charge on any atom is -0.756 e. The standard InChI is InChI=1S/2C9H20NO6P/c2*1-14-9(11)10-7-5-3-4-6-8-16-17(12,13)15-2/h2*3-8H2,1-2H3,(H,10,11)(H,12,13)/p-1. The third-order valence-electron chi connectivity index (χ3n) is 4.01. The van der Waals surface area contributed by atoms with Crippen molar-refractivity contribution in [3.63, 3.8) is 0 Å². The molecule has 0 aliphatic heterocycles. The number of methoxy groups -OCH3 is 2. The predicted octanol–water partition coefficient (Wildman–Crippen LogP) is 2.70. The highest BCUT2D eigenvalue weighted by molar-refractivity contribution is 7.47. The van der Waals surface area contributed by atoms with Crippen LogP contribution in [-0.2, 0) is 36.7 Å². The van der Waals surface area contributed by atoms with Gasteiger partial charge in [0.05, 0.1) is 27.4 Å². The molecule has 14 nitrogen and oxygen atoms in total. The van der Waals surface area contributed by atoms with E-state index in [9.17, 15) is 23.6 Å². The lowest BCUT2D eigenvalue weighted by molar-refractivity contribution is -0.223. The fraction of sp³-hybridized carbons (Fsp3) is 0.889. The Bertz CT molecular complexity index is 572. The van der Waals surface area contributed by atoms with Crippen LogP contribution in [0.3, 0.4) is 0 Å². The third kappa shape index (κ3) is 25.4. The van der Waals surface area contributed by atoms with Gasteiger partial charge in [-0.2, -0.15) is 0 Å². The van der Waals surface area contributed by atoms with E-state index in [2.05, 4.69) is 38.2 Å². The summed E-state index contributed by atoms with van der Waals surface area (Å²) in [7, 11) is -3.09. The second-order valence-corrected chi connectivity index (χ2v) is 9.69. The second-order valence-electron chi connectivity index (χ2n) is 6.61. The van der Waals surface area contributed by atoms with Crippen molar-refractivity contribution in [3.8, 4) is 0 Å². The highest BCUT2D eigenvalue weighted by Gasteiger charge is 2.17. The fourth-order valence-corrected chi connectivity index (χ4v) is 3.07. The van der Waals surface area contributed by atoms with Crippen molar-refractivity contribution >= 4 is 27.8 Å². The number of nitrogens with one attached hydrogen (secondary N) is 2. The Morgan fingerprint density at radius 3 is 1.50 bits per heavy atom. The molecule has 0 aliphatic carbocycles. The van der Waals surface area contributed by atoms with Crippen LogP contribution in [0.25, 0.3) is 0 Å². The molecule has 0 spiro atoms. The Hall–Kier alpha value is -1.24. The van der Waals surface area contributed by atoms with Gasteiger partial charge in [-0.1, -0.05) is 25.7 Å². The number of phosphoric acid groups is 2. The maximum atomic E-state index is 10.9. The molecule has 0 radical (unpaired) electrons. The molecule has 0 saturated carbocycles. The Morgan fingerprint density at radius 2 is 1.12 bits per heavy atom. The van der Waals surface area contributed by atoms with Gasteiger partial charge in [0, 0.05) is 27.3 Å². The second kappa shape index (κ2) is 22.2. The monoisotopic (exact) mass is 537 g/mol. The first-order valence-electron chi connectivity index (χ1n) is 10.7. The summed E-state index contributed by atoms with van der Waals surface area (Å²) in [5.74, 6) is 0. The highest BCUT2D eigenvalue weighted by atomic mass is 31.2. The summed E-state index contributed by atoms with van der Waals surface area (Å²) in [5, 5.41) is 5.11. The Morgan fingerprint density at radius 1 is 0.706 bits per heavy atom. The third-order valence-corrected chi connectivity index (χ3v) is 5.93. The molecule has 0 bridgehead atoms. The van der Waals surface area contributed by atoms with E-state index in [0.29, 0.717) is 25.9 Å². The lowest BCUT2D eigenvalue weighted by Crippen LogP contribution is -2.23. The number of alkyl carbamates (subject to hydrolysis) is 2. The Kier molecular flexibility index (Phi) is 22.8. The van der Waals surface area contributed by atoms with E-state index in [-0.39, 0.29) is 13.2 Å². The number of carbonyl (C=O) groups excluding carboxylic acids is 2. The largest absolute Gasteiger partial charge is 0.756 e. The van der Waals surface area contributed by atoms with Crippen molar-refractivity contribution in [1.82, 2.24) is 10.6 Å². The molecule has 0 aromatic rings. The van der Waals surface area contributed by atoms with Crippen molar-refractivity contribution < 1.29 is 56.1 Å². The summed E-state index contributed by atoms with van der Waals surface area (Å²) in [5.41, 5.74) is 0. The van der Waals surface area contributed by atoms with E-state index >= 15 is 0 Å². The first-order valence-corrected chi connectivity index (χ1v) is 13.7. The summed E-state index contributed by atoms with van der Waals surface area (Å²) in [6.45, 7) is 1.42. The number of hydrogen-bond acceptors (Lipinski definition) is 11. The van der Waals surface area contributed by atoms with Crippen LogP contribution in [0.15, 0.2) is 0 Å². The smallest absolute Gasteiger partial charge is 0.471 e. The van der Waals surface area contributed by atoms with E-state index in [1.807, 2.05) is 0 Å². The SMILES string of the molecule is COC(=O)NCCCCCCOP(=O)(O)OC.COC(=O)NCCCCCCOP(=O)([O-])OC. The summed E-state index contributed by atoms with van der Waals surface area (Å²) in [6, 6.07) is 0. The summed E-state index contributed by atoms with van der Waals surface area (Å²) in [6.07, 6.45) is 5.53. The molecular formula is C18H39N2O12P2-. The van der Waals surface area contributed by atoms with Crippen LogP contribution < -0.4 is 15.5 Å². The lowest BCUT2D eigenvalue weighted by Gasteiger charge is -2.19. The van der Waals surface area contributed by atoms with Crippen LogP contribution in [0.5, 0.6) is 0 Å². The van der Waals surface area contributed by atoms with Crippen LogP contribution in [0.1, 0.15) is 51.4 Å². The van der Waals surface area contributed by atoms with E-state index in [1.165, 1.54) is 14.2 Å². The number of unbranched alkanes of at least 4 members (excludes halogenated alkanes) is 6. The first kappa shape index (κ1) is 34.9. The molecule has 3 N–H and O–H groups in total. The average molecular weight is 537 g/mol. The zero-order valence-electron chi connectivity index (χ0n) is 20.3.